The number of halogens is 2. The number of hydrogen-bond donors (Lipinski definition) is 0. The van der Waals surface area contributed by atoms with Gasteiger partial charge in [0.1, 0.15) is 0 Å². The standard InChI is InChI=1S/C21H16P.C9H7.2ClH.Hf/c1-3-11-19(12-4-1)22(20-13-5-2-6-14-20)21-15-17-9-7-8-10-18(17)16-21;1-2-5-9-7-3-6-8(9)4-1;;;/h1-16H;1-7H;2*1H;/q2*-1;;;+4/p-2. The minimum absolute atomic E-state index is 0. The van der Waals surface area contributed by atoms with Crippen molar-refractivity contribution in [2.45, 2.75) is 0 Å². The third-order valence-corrected chi connectivity index (χ3v) is 7.84. The molecule has 0 nitrogen and oxygen atoms in total. The van der Waals surface area contributed by atoms with E-state index in [4.69, 9.17) is 0 Å². The van der Waals surface area contributed by atoms with Gasteiger partial charge in [0.25, 0.3) is 0 Å². The van der Waals surface area contributed by atoms with Crippen molar-refractivity contribution in [3.8, 4) is 0 Å². The van der Waals surface area contributed by atoms with E-state index in [9.17, 15) is 0 Å². The molecule has 0 saturated carbocycles. The SMILES string of the molecule is [Cl-].[Cl-].[Hf+4].c1ccc(P(c2ccccc2)c2cc3ccccc3[cH-]2)cc1.c1ccc2[cH-]ccc2c1. The monoisotopic (exact) mass is 664 g/mol. The van der Waals surface area contributed by atoms with Crippen LogP contribution in [0.2, 0.25) is 0 Å². The summed E-state index contributed by atoms with van der Waals surface area (Å²) in [5.41, 5.74) is 0. The first kappa shape index (κ1) is 28.2. The second kappa shape index (κ2) is 13.8. The third-order valence-electron chi connectivity index (χ3n) is 5.44. The van der Waals surface area contributed by atoms with Crippen LogP contribution in [0.3, 0.4) is 0 Å². The Kier molecular flexibility index (Phi) is 11.4. The van der Waals surface area contributed by atoms with Crippen LogP contribution in [0.5, 0.6) is 0 Å². The molecule has 0 amide bonds. The van der Waals surface area contributed by atoms with E-state index < -0.39 is 7.92 Å². The Morgan fingerprint density at radius 2 is 1.00 bits per heavy atom. The zero-order chi connectivity index (χ0) is 20.9. The zero-order valence-electron chi connectivity index (χ0n) is 18.5. The summed E-state index contributed by atoms with van der Waals surface area (Å²) in [6.07, 6.45) is 0. The van der Waals surface area contributed by atoms with E-state index in [2.05, 4.69) is 140 Å². The molecule has 0 unspecified atom stereocenters. The quantitative estimate of drug-likeness (QED) is 0.150. The summed E-state index contributed by atoms with van der Waals surface area (Å²) in [5.74, 6) is 0. The van der Waals surface area contributed by atoms with Crippen molar-refractivity contribution in [1.29, 1.82) is 0 Å². The molecule has 4 heteroatoms. The minimum atomic E-state index is -0.493. The second-order valence-electron chi connectivity index (χ2n) is 7.50. The first-order valence-electron chi connectivity index (χ1n) is 10.5. The number of hydrogen-bond acceptors (Lipinski definition) is 0. The molecule has 0 bridgehead atoms. The molecule has 0 fully saturated rings. The van der Waals surface area contributed by atoms with Gasteiger partial charge in [0.05, 0.1) is 0 Å². The van der Waals surface area contributed by atoms with E-state index in [1.54, 1.807) is 0 Å². The van der Waals surface area contributed by atoms with Gasteiger partial charge in [-0.2, -0.15) is 23.6 Å². The maximum Gasteiger partial charge on any atom is 4.00 e. The Bertz CT molecular complexity index is 1290. The molecule has 0 spiro atoms. The predicted octanol–water partition coefficient (Wildman–Crippen LogP) is 0.881. The van der Waals surface area contributed by atoms with Gasteiger partial charge in [-0.15, -0.1) is 70.0 Å². The van der Waals surface area contributed by atoms with Crippen molar-refractivity contribution >= 4 is 45.4 Å². The van der Waals surface area contributed by atoms with Crippen molar-refractivity contribution in [2.75, 3.05) is 0 Å². The van der Waals surface area contributed by atoms with Crippen LogP contribution in [0, 0.1) is 0 Å². The fourth-order valence-corrected chi connectivity index (χ4v) is 6.31. The molecule has 0 radical (unpaired) electrons. The van der Waals surface area contributed by atoms with Gasteiger partial charge >= 0.3 is 25.8 Å². The molecule has 6 aromatic rings. The topological polar surface area (TPSA) is 0 Å². The second-order valence-corrected chi connectivity index (χ2v) is 9.72. The molecule has 166 valence electrons. The van der Waals surface area contributed by atoms with Crippen LogP contribution < -0.4 is 40.7 Å². The molecule has 0 aliphatic heterocycles. The number of rotatable bonds is 3. The minimum Gasteiger partial charge on any atom is -1.00 e. The van der Waals surface area contributed by atoms with Crippen LogP contribution in [0.1, 0.15) is 0 Å². The Balaban J connectivity index is 0.000000290. The maximum absolute atomic E-state index is 2.35. The molecule has 0 N–H and O–H groups in total. The molecule has 0 aliphatic rings. The molecule has 0 atom stereocenters. The van der Waals surface area contributed by atoms with E-state index in [0.717, 1.165) is 0 Å². The maximum atomic E-state index is 2.35. The van der Waals surface area contributed by atoms with Crippen molar-refractivity contribution in [3.63, 3.8) is 0 Å². The Hall–Kier alpha value is -2.02. The van der Waals surface area contributed by atoms with Gasteiger partial charge in [-0.3, -0.25) is 0 Å². The summed E-state index contributed by atoms with van der Waals surface area (Å²) < 4.78 is 0. The third kappa shape index (κ3) is 6.55. The predicted molar refractivity (Wildman–Crippen MR) is 138 cm³/mol. The van der Waals surface area contributed by atoms with Gasteiger partial charge in [-0.1, -0.05) is 72.8 Å². The number of fused-ring (bicyclic) bond motifs is 2. The van der Waals surface area contributed by atoms with Gasteiger partial charge in [0, 0.05) is 0 Å². The van der Waals surface area contributed by atoms with Crippen LogP contribution in [0.4, 0.5) is 0 Å². The molecule has 0 aliphatic carbocycles. The van der Waals surface area contributed by atoms with Crippen LogP contribution >= 0.6 is 7.92 Å². The largest absolute Gasteiger partial charge is 4.00 e. The summed E-state index contributed by atoms with van der Waals surface area (Å²) in [6, 6.07) is 49.7. The molecule has 34 heavy (non-hydrogen) atoms. The summed E-state index contributed by atoms with van der Waals surface area (Å²) in [5, 5.41) is 9.55. The summed E-state index contributed by atoms with van der Waals surface area (Å²) in [4.78, 5) is 0. The summed E-state index contributed by atoms with van der Waals surface area (Å²) in [6.45, 7) is 0. The molecule has 0 aromatic heterocycles. The van der Waals surface area contributed by atoms with E-state index in [1.807, 2.05) is 0 Å². The summed E-state index contributed by atoms with van der Waals surface area (Å²) in [7, 11) is -0.493. The van der Waals surface area contributed by atoms with E-state index in [-0.39, 0.29) is 50.7 Å². The van der Waals surface area contributed by atoms with Gasteiger partial charge in [-0.05, 0) is 18.5 Å². The number of benzene rings is 4. The zero-order valence-corrected chi connectivity index (χ0v) is 24.5. The molecular weight excluding hydrogens is 641 g/mol. The Labute approximate surface area is 234 Å². The summed E-state index contributed by atoms with van der Waals surface area (Å²) >= 11 is 0. The van der Waals surface area contributed by atoms with Gasteiger partial charge in [0.2, 0.25) is 0 Å². The van der Waals surface area contributed by atoms with Crippen molar-refractivity contribution in [2.24, 2.45) is 0 Å². The molecule has 6 rings (SSSR count). The average molecular weight is 664 g/mol. The van der Waals surface area contributed by atoms with Gasteiger partial charge in [0.15, 0.2) is 0 Å². The van der Waals surface area contributed by atoms with Crippen LogP contribution in [0.25, 0.3) is 21.5 Å². The normalized spacial score (nSPS) is 9.91. The van der Waals surface area contributed by atoms with Crippen molar-refractivity contribution in [1.82, 2.24) is 0 Å². The molecule has 0 saturated heterocycles. The van der Waals surface area contributed by atoms with E-state index >= 15 is 0 Å². The van der Waals surface area contributed by atoms with Gasteiger partial charge in [-0.25, -0.2) is 0 Å². The van der Waals surface area contributed by atoms with Crippen LogP contribution in [-0.2, 0) is 25.8 Å². The van der Waals surface area contributed by atoms with Crippen LogP contribution in [0.15, 0.2) is 140 Å². The van der Waals surface area contributed by atoms with E-state index in [1.165, 1.54) is 37.5 Å². The van der Waals surface area contributed by atoms with Crippen LogP contribution in [-0.4, -0.2) is 0 Å². The Morgan fingerprint density at radius 3 is 1.56 bits per heavy atom. The van der Waals surface area contributed by atoms with Gasteiger partial charge < -0.3 is 24.8 Å². The van der Waals surface area contributed by atoms with E-state index in [0.29, 0.717) is 0 Å². The molecular formula is C30H23Cl2HfP. The average Bonchev–Trinajstić information content (AvgIpc) is 3.48. The molecule has 0 heterocycles. The molecule has 6 aromatic carbocycles. The smallest absolute Gasteiger partial charge is 1.00 e. The fourth-order valence-electron chi connectivity index (χ4n) is 3.93. The van der Waals surface area contributed by atoms with Crippen molar-refractivity contribution in [3.05, 3.63) is 140 Å². The Morgan fingerprint density at radius 1 is 0.500 bits per heavy atom. The first-order chi connectivity index (χ1) is 15.4. The van der Waals surface area contributed by atoms with Crippen molar-refractivity contribution < 1.29 is 50.7 Å². The fraction of sp³-hybridized carbons (Fsp3) is 0. The first-order valence-corrected chi connectivity index (χ1v) is 11.9.